The number of carbonyl (C=O) groups is 1. The molecule has 1 aromatic heterocycles. The Balaban J connectivity index is 2.51. The van der Waals surface area contributed by atoms with Gasteiger partial charge in [0, 0.05) is 45.2 Å². The molecule has 96 valence electrons. The SMILES string of the molecule is COCCN(CCO)CC(=O)c1ccn(C)c1. The zero-order valence-electron chi connectivity index (χ0n) is 10.4. The summed E-state index contributed by atoms with van der Waals surface area (Å²) in [6.45, 7) is 2.05. The molecule has 0 amide bonds. The van der Waals surface area contributed by atoms with Crippen LogP contribution in [-0.4, -0.2) is 60.3 Å². The van der Waals surface area contributed by atoms with Crippen LogP contribution in [0.1, 0.15) is 10.4 Å². The first-order valence-electron chi connectivity index (χ1n) is 5.64. The van der Waals surface area contributed by atoms with Crippen LogP contribution in [0.5, 0.6) is 0 Å². The minimum Gasteiger partial charge on any atom is -0.395 e. The Labute approximate surface area is 102 Å². The number of aliphatic hydroxyl groups is 1. The van der Waals surface area contributed by atoms with Crippen molar-refractivity contribution < 1.29 is 14.6 Å². The number of aromatic nitrogens is 1. The first kappa shape index (κ1) is 13.9. The van der Waals surface area contributed by atoms with E-state index < -0.39 is 0 Å². The number of ketones is 1. The zero-order chi connectivity index (χ0) is 12.7. The van der Waals surface area contributed by atoms with Gasteiger partial charge in [0.2, 0.25) is 0 Å². The largest absolute Gasteiger partial charge is 0.395 e. The van der Waals surface area contributed by atoms with Gasteiger partial charge >= 0.3 is 0 Å². The molecule has 0 fully saturated rings. The fraction of sp³-hybridized carbons (Fsp3) is 0.583. The van der Waals surface area contributed by atoms with Crippen LogP contribution in [0.25, 0.3) is 0 Å². The van der Waals surface area contributed by atoms with Crippen LogP contribution in [0.2, 0.25) is 0 Å². The van der Waals surface area contributed by atoms with Crippen molar-refractivity contribution in [2.45, 2.75) is 0 Å². The standard InChI is InChI=1S/C12H20N2O3/c1-13-4-3-11(9-13)12(16)10-14(5-7-15)6-8-17-2/h3-4,9,15H,5-8,10H2,1-2H3. The molecular formula is C12H20N2O3. The van der Waals surface area contributed by atoms with Crippen LogP contribution in [0, 0.1) is 0 Å². The summed E-state index contributed by atoms with van der Waals surface area (Å²) in [5.41, 5.74) is 0.702. The number of nitrogens with zero attached hydrogens (tertiary/aromatic N) is 2. The van der Waals surface area contributed by atoms with Gasteiger partial charge in [-0.2, -0.15) is 0 Å². The molecular weight excluding hydrogens is 220 g/mol. The highest BCUT2D eigenvalue weighted by Crippen LogP contribution is 2.02. The van der Waals surface area contributed by atoms with E-state index in [4.69, 9.17) is 9.84 Å². The van der Waals surface area contributed by atoms with Gasteiger partial charge in [0.05, 0.1) is 19.8 Å². The van der Waals surface area contributed by atoms with Crippen molar-refractivity contribution >= 4 is 5.78 Å². The Kier molecular flexibility index (Phi) is 5.90. The van der Waals surface area contributed by atoms with E-state index in [-0.39, 0.29) is 12.4 Å². The zero-order valence-corrected chi connectivity index (χ0v) is 10.4. The number of hydrogen-bond acceptors (Lipinski definition) is 4. The van der Waals surface area contributed by atoms with Gasteiger partial charge in [0.15, 0.2) is 5.78 Å². The number of Topliss-reactive ketones (excluding diaryl/α,β-unsaturated/α-hetero) is 1. The molecule has 1 N–H and O–H groups in total. The molecule has 0 aromatic carbocycles. The highest BCUT2D eigenvalue weighted by atomic mass is 16.5. The van der Waals surface area contributed by atoms with Gasteiger partial charge in [-0.25, -0.2) is 0 Å². The predicted octanol–water partition coefficient (Wildman–Crippen LogP) is 0.148. The third-order valence-corrected chi connectivity index (χ3v) is 2.55. The summed E-state index contributed by atoms with van der Waals surface area (Å²) in [7, 11) is 3.50. The van der Waals surface area contributed by atoms with Gasteiger partial charge in [-0.05, 0) is 6.07 Å². The maximum absolute atomic E-state index is 11.9. The molecule has 1 heterocycles. The molecule has 0 aliphatic carbocycles. The van der Waals surface area contributed by atoms with Crippen molar-refractivity contribution in [2.24, 2.45) is 7.05 Å². The summed E-state index contributed by atoms with van der Waals surface area (Å²) >= 11 is 0. The topological polar surface area (TPSA) is 54.7 Å². The molecule has 0 saturated heterocycles. The summed E-state index contributed by atoms with van der Waals surface area (Å²) in [6, 6.07) is 1.80. The van der Waals surface area contributed by atoms with Crippen molar-refractivity contribution in [3.05, 3.63) is 24.0 Å². The Morgan fingerprint density at radius 1 is 1.53 bits per heavy atom. The smallest absolute Gasteiger partial charge is 0.178 e. The average molecular weight is 240 g/mol. The second-order valence-corrected chi connectivity index (χ2v) is 3.98. The van der Waals surface area contributed by atoms with E-state index in [0.29, 0.717) is 31.8 Å². The number of aliphatic hydroxyl groups excluding tert-OH is 1. The lowest BCUT2D eigenvalue weighted by atomic mass is 10.2. The molecule has 17 heavy (non-hydrogen) atoms. The number of hydrogen-bond donors (Lipinski definition) is 1. The molecule has 5 heteroatoms. The Morgan fingerprint density at radius 3 is 2.82 bits per heavy atom. The highest BCUT2D eigenvalue weighted by Gasteiger charge is 2.12. The van der Waals surface area contributed by atoms with E-state index in [1.54, 1.807) is 19.4 Å². The third-order valence-electron chi connectivity index (χ3n) is 2.55. The van der Waals surface area contributed by atoms with Gasteiger partial charge in [0.25, 0.3) is 0 Å². The maximum Gasteiger partial charge on any atom is 0.178 e. The average Bonchev–Trinajstić information content (AvgIpc) is 2.73. The first-order valence-corrected chi connectivity index (χ1v) is 5.64. The lowest BCUT2D eigenvalue weighted by Gasteiger charge is -2.19. The number of rotatable bonds is 8. The predicted molar refractivity (Wildman–Crippen MR) is 65.1 cm³/mol. The summed E-state index contributed by atoms with van der Waals surface area (Å²) in [5.74, 6) is 0.0650. The number of methoxy groups -OCH3 is 1. The van der Waals surface area contributed by atoms with Crippen molar-refractivity contribution in [1.29, 1.82) is 0 Å². The second kappa shape index (κ2) is 7.21. The summed E-state index contributed by atoms with van der Waals surface area (Å²) < 4.78 is 6.82. The van der Waals surface area contributed by atoms with Gasteiger partial charge < -0.3 is 14.4 Å². The molecule has 1 aromatic rings. The van der Waals surface area contributed by atoms with E-state index in [9.17, 15) is 4.79 Å². The van der Waals surface area contributed by atoms with E-state index in [2.05, 4.69) is 0 Å². The quantitative estimate of drug-likeness (QED) is 0.657. The Morgan fingerprint density at radius 2 is 2.29 bits per heavy atom. The molecule has 0 bridgehead atoms. The first-order chi connectivity index (χ1) is 8.17. The van der Waals surface area contributed by atoms with Crippen LogP contribution in [0.4, 0.5) is 0 Å². The molecule has 0 saturated carbocycles. The van der Waals surface area contributed by atoms with Crippen molar-refractivity contribution in [3.8, 4) is 0 Å². The summed E-state index contributed by atoms with van der Waals surface area (Å²) in [4.78, 5) is 13.8. The molecule has 0 spiro atoms. The molecule has 5 nitrogen and oxygen atoms in total. The van der Waals surface area contributed by atoms with Crippen LogP contribution in [-0.2, 0) is 11.8 Å². The van der Waals surface area contributed by atoms with Crippen molar-refractivity contribution in [3.63, 3.8) is 0 Å². The van der Waals surface area contributed by atoms with E-state index in [0.717, 1.165) is 0 Å². The van der Waals surface area contributed by atoms with Gasteiger partial charge in [-0.3, -0.25) is 9.69 Å². The highest BCUT2D eigenvalue weighted by molar-refractivity contribution is 5.97. The lowest BCUT2D eigenvalue weighted by Crippen LogP contribution is -2.35. The van der Waals surface area contributed by atoms with Crippen LogP contribution in [0.15, 0.2) is 18.5 Å². The molecule has 0 aliphatic heterocycles. The monoisotopic (exact) mass is 240 g/mol. The van der Waals surface area contributed by atoms with Gasteiger partial charge in [-0.1, -0.05) is 0 Å². The van der Waals surface area contributed by atoms with E-state index in [1.165, 1.54) is 0 Å². The molecule has 0 unspecified atom stereocenters. The van der Waals surface area contributed by atoms with Gasteiger partial charge in [0.1, 0.15) is 0 Å². The van der Waals surface area contributed by atoms with E-state index in [1.807, 2.05) is 22.7 Å². The number of carbonyl (C=O) groups excluding carboxylic acids is 1. The third kappa shape index (κ3) is 4.68. The van der Waals surface area contributed by atoms with Crippen LogP contribution >= 0.6 is 0 Å². The second-order valence-electron chi connectivity index (χ2n) is 3.98. The molecule has 1 rings (SSSR count). The van der Waals surface area contributed by atoms with Crippen molar-refractivity contribution in [2.75, 3.05) is 40.0 Å². The molecule has 0 aliphatic rings. The molecule has 0 radical (unpaired) electrons. The number of aryl methyl sites for hydroxylation is 1. The normalized spacial score (nSPS) is 11.1. The Bertz CT molecular complexity index is 349. The van der Waals surface area contributed by atoms with Crippen LogP contribution < -0.4 is 0 Å². The minimum absolute atomic E-state index is 0.0474. The van der Waals surface area contributed by atoms with Crippen molar-refractivity contribution in [1.82, 2.24) is 9.47 Å². The maximum atomic E-state index is 11.9. The van der Waals surface area contributed by atoms with Crippen LogP contribution in [0.3, 0.4) is 0 Å². The lowest BCUT2D eigenvalue weighted by molar-refractivity contribution is 0.0868. The van der Waals surface area contributed by atoms with E-state index >= 15 is 0 Å². The molecule has 0 atom stereocenters. The van der Waals surface area contributed by atoms with Gasteiger partial charge in [-0.15, -0.1) is 0 Å². The number of ether oxygens (including phenoxy) is 1. The summed E-state index contributed by atoms with van der Waals surface area (Å²) in [6.07, 6.45) is 3.65. The fourth-order valence-corrected chi connectivity index (χ4v) is 1.59. The summed E-state index contributed by atoms with van der Waals surface area (Å²) in [5, 5.41) is 8.93. The Hall–Kier alpha value is -1.17. The minimum atomic E-state index is 0.0474. The fourth-order valence-electron chi connectivity index (χ4n) is 1.59.